The molecular weight excluding hydrogens is 218 g/mol. The van der Waals surface area contributed by atoms with Gasteiger partial charge in [0.15, 0.2) is 0 Å². The molecule has 0 amide bonds. The monoisotopic (exact) mass is 231 g/mol. The summed E-state index contributed by atoms with van der Waals surface area (Å²) in [7, 11) is 0. The standard InChI is InChI=1S/C12H13N3O2/c13-7-4-5-9-10(6-7)15(8-2-1-3-8)11(14-9)12(16)17/h4-6,8H,1-3,13H2,(H,16,17). The van der Waals surface area contributed by atoms with Gasteiger partial charge in [-0.15, -0.1) is 0 Å². The summed E-state index contributed by atoms with van der Waals surface area (Å²) in [6.07, 6.45) is 3.17. The Labute approximate surface area is 97.9 Å². The number of hydrogen-bond acceptors (Lipinski definition) is 3. The van der Waals surface area contributed by atoms with Crippen LogP contribution in [-0.2, 0) is 0 Å². The Bertz CT molecular complexity index is 599. The molecule has 88 valence electrons. The maximum absolute atomic E-state index is 11.2. The fourth-order valence-electron chi connectivity index (χ4n) is 2.28. The second-order valence-corrected chi connectivity index (χ2v) is 4.44. The summed E-state index contributed by atoms with van der Waals surface area (Å²) in [5, 5.41) is 9.19. The summed E-state index contributed by atoms with van der Waals surface area (Å²) < 4.78 is 1.82. The second kappa shape index (κ2) is 3.48. The number of nitrogens with two attached hydrogens (primary N) is 1. The summed E-state index contributed by atoms with van der Waals surface area (Å²) >= 11 is 0. The molecular formula is C12H13N3O2. The summed E-state index contributed by atoms with van der Waals surface area (Å²) in [6.45, 7) is 0. The van der Waals surface area contributed by atoms with Gasteiger partial charge in [-0.05, 0) is 37.5 Å². The molecule has 3 N–H and O–H groups in total. The summed E-state index contributed by atoms with van der Waals surface area (Å²) in [4.78, 5) is 15.4. The SMILES string of the molecule is Nc1ccc2nc(C(=O)O)n(C3CCC3)c2c1. The van der Waals surface area contributed by atoms with Gasteiger partial charge in [0.1, 0.15) is 0 Å². The summed E-state index contributed by atoms with van der Waals surface area (Å²) in [5.41, 5.74) is 7.91. The molecule has 5 heteroatoms. The predicted molar refractivity (Wildman–Crippen MR) is 64.0 cm³/mol. The number of carbonyl (C=O) groups is 1. The van der Waals surface area contributed by atoms with Crippen LogP contribution < -0.4 is 5.73 Å². The number of rotatable bonds is 2. The van der Waals surface area contributed by atoms with Gasteiger partial charge in [0.25, 0.3) is 0 Å². The van der Waals surface area contributed by atoms with Crippen molar-refractivity contribution in [2.24, 2.45) is 0 Å². The zero-order valence-electron chi connectivity index (χ0n) is 9.26. The Morgan fingerprint density at radius 2 is 2.24 bits per heavy atom. The number of benzene rings is 1. The van der Waals surface area contributed by atoms with Crippen molar-refractivity contribution in [2.75, 3.05) is 5.73 Å². The lowest BCUT2D eigenvalue weighted by molar-refractivity contribution is 0.0672. The highest BCUT2D eigenvalue weighted by atomic mass is 16.4. The van der Waals surface area contributed by atoms with Crippen molar-refractivity contribution < 1.29 is 9.90 Å². The van der Waals surface area contributed by atoms with E-state index in [0.717, 1.165) is 24.8 Å². The number of fused-ring (bicyclic) bond motifs is 1. The van der Waals surface area contributed by atoms with Crippen molar-refractivity contribution in [2.45, 2.75) is 25.3 Å². The quantitative estimate of drug-likeness (QED) is 0.775. The first-order chi connectivity index (χ1) is 8.16. The minimum absolute atomic E-state index is 0.121. The first kappa shape index (κ1) is 10.1. The van der Waals surface area contributed by atoms with Gasteiger partial charge in [0.05, 0.1) is 11.0 Å². The number of imidazole rings is 1. The van der Waals surface area contributed by atoms with E-state index in [1.807, 2.05) is 4.57 Å². The van der Waals surface area contributed by atoms with E-state index in [2.05, 4.69) is 4.98 Å². The lowest BCUT2D eigenvalue weighted by Gasteiger charge is -2.28. The van der Waals surface area contributed by atoms with E-state index < -0.39 is 5.97 Å². The smallest absolute Gasteiger partial charge is 0.372 e. The molecule has 2 aromatic rings. The third-order valence-corrected chi connectivity index (χ3v) is 3.34. The van der Waals surface area contributed by atoms with Gasteiger partial charge in [-0.2, -0.15) is 0 Å². The molecule has 0 atom stereocenters. The molecule has 0 unspecified atom stereocenters. The minimum Gasteiger partial charge on any atom is -0.475 e. The Kier molecular flexibility index (Phi) is 2.07. The van der Waals surface area contributed by atoms with Crippen LogP contribution in [0.3, 0.4) is 0 Å². The Hall–Kier alpha value is -2.04. The molecule has 1 aliphatic rings. The molecule has 3 rings (SSSR count). The average molecular weight is 231 g/mol. The molecule has 0 saturated heterocycles. The van der Waals surface area contributed by atoms with Crippen molar-refractivity contribution in [1.29, 1.82) is 0 Å². The number of anilines is 1. The maximum atomic E-state index is 11.2. The van der Waals surface area contributed by atoms with Gasteiger partial charge < -0.3 is 15.4 Å². The van der Waals surface area contributed by atoms with Crippen LogP contribution in [0, 0.1) is 0 Å². The number of carboxylic acid groups (broad SMARTS) is 1. The van der Waals surface area contributed by atoms with Gasteiger partial charge >= 0.3 is 5.97 Å². The number of nitrogen functional groups attached to an aromatic ring is 1. The molecule has 0 bridgehead atoms. The molecule has 1 heterocycles. The van der Waals surface area contributed by atoms with E-state index in [-0.39, 0.29) is 11.9 Å². The highest BCUT2D eigenvalue weighted by molar-refractivity contribution is 5.91. The van der Waals surface area contributed by atoms with Crippen LogP contribution in [0.4, 0.5) is 5.69 Å². The molecule has 0 aliphatic heterocycles. The zero-order valence-corrected chi connectivity index (χ0v) is 9.26. The van der Waals surface area contributed by atoms with E-state index in [4.69, 9.17) is 5.73 Å². The number of hydrogen-bond donors (Lipinski definition) is 2. The molecule has 17 heavy (non-hydrogen) atoms. The van der Waals surface area contributed by atoms with E-state index in [1.54, 1.807) is 18.2 Å². The number of nitrogens with zero attached hydrogens (tertiary/aromatic N) is 2. The van der Waals surface area contributed by atoms with Gasteiger partial charge in [-0.1, -0.05) is 0 Å². The van der Waals surface area contributed by atoms with E-state index in [0.29, 0.717) is 11.2 Å². The average Bonchev–Trinajstić information content (AvgIpc) is 2.55. The Balaban J connectivity index is 2.28. The van der Waals surface area contributed by atoms with Gasteiger partial charge in [0.2, 0.25) is 5.82 Å². The molecule has 1 fully saturated rings. The largest absolute Gasteiger partial charge is 0.475 e. The molecule has 1 aromatic carbocycles. The first-order valence-electron chi connectivity index (χ1n) is 5.67. The van der Waals surface area contributed by atoms with Crippen LogP contribution in [-0.4, -0.2) is 20.6 Å². The first-order valence-corrected chi connectivity index (χ1v) is 5.67. The van der Waals surface area contributed by atoms with Crippen molar-refractivity contribution >= 4 is 22.7 Å². The van der Waals surface area contributed by atoms with Crippen molar-refractivity contribution in [3.63, 3.8) is 0 Å². The predicted octanol–water partition coefficient (Wildman–Crippen LogP) is 2.04. The van der Waals surface area contributed by atoms with Gasteiger partial charge in [0, 0.05) is 11.7 Å². The van der Waals surface area contributed by atoms with Gasteiger partial charge in [-0.3, -0.25) is 0 Å². The maximum Gasteiger partial charge on any atom is 0.372 e. The van der Waals surface area contributed by atoms with E-state index in [9.17, 15) is 9.90 Å². The van der Waals surface area contributed by atoms with Crippen molar-refractivity contribution in [3.05, 3.63) is 24.0 Å². The highest BCUT2D eigenvalue weighted by Crippen LogP contribution is 2.35. The number of carboxylic acids is 1. The van der Waals surface area contributed by atoms with Crippen molar-refractivity contribution in [1.82, 2.24) is 9.55 Å². The van der Waals surface area contributed by atoms with Crippen LogP contribution in [0.25, 0.3) is 11.0 Å². The normalized spacial score (nSPS) is 16.0. The molecule has 1 aliphatic carbocycles. The molecule has 0 radical (unpaired) electrons. The molecule has 1 aromatic heterocycles. The zero-order chi connectivity index (χ0) is 12.0. The molecule has 5 nitrogen and oxygen atoms in total. The number of aromatic carboxylic acids is 1. The van der Waals surface area contributed by atoms with Crippen LogP contribution >= 0.6 is 0 Å². The highest BCUT2D eigenvalue weighted by Gasteiger charge is 2.27. The third-order valence-electron chi connectivity index (χ3n) is 3.34. The van der Waals surface area contributed by atoms with Gasteiger partial charge in [-0.25, -0.2) is 9.78 Å². The van der Waals surface area contributed by atoms with Crippen LogP contribution in [0.15, 0.2) is 18.2 Å². The summed E-state index contributed by atoms with van der Waals surface area (Å²) in [6, 6.07) is 5.57. The van der Waals surface area contributed by atoms with Crippen LogP contribution in [0.5, 0.6) is 0 Å². The number of aromatic nitrogens is 2. The summed E-state index contributed by atoms with van der Waals surface area (Å²) in [5.74, 6) is -0.859. The Morgan fingerprint density at radius 3 is 2.82 bits per heavy atom. The minimum atomic E-state index is -0.980. The lowest BCUT2D eigenvalue weighted by atomic mass is 9.92. The van der Waals surface area contributed by atoms with E-state index in [1.165, 1.54) is 0 Å². The third kappa shape index (κ3) is 1.46. The van der Waals surface area contributed by atoms with Crippen LogP contribution in [0.1, 0.15) is 35.9 Å². The van der Waals surface area contributed by atoms with Crippen LogP contribution in [0.2, 0.25) is 0 Å². The van der Waals surface area contributed by atoms with E-state index >= 15 is 0 Å². The molecule has 0 spiro atoms. The van der Waals surface area contributed by atoms with Crippen molar-refractivity contribution in [3.8, 4) is 0 Å². The second-order valence-electron chi connectivity index (χ2n) is 4.44. The fourth-order valence-corrected chi connectivity index (χ4v) is 2.28. The lowest BCUT2D eigenvalue weighted by Crippen LogP contribution is -2.21. The topological polar surface area (TPSA) is 81.1 Å². The Morgan fingerprint density at radius 1 is 1.47 bits per heavy atom. The fraction of sp³-hybridized carbons (Fsp3) is 0.333. The molecule has 1 saturated carbocycles.